The average Bonchev–Trinajstić information content (AvgIpc) is 3.10. The van der Waals surface area contributed by atoms with E-state index in [1.54, 1.807) is 11.1 Å². The van der Waals surface area contributed by atoms with Crippen molar-refractivity contribution in [1.29, 1.82) is 0 Å². The van der Waals surface area contributed by atoms with Crippen molar-refractivity contribution in [2.45, 2.75) is 12.3 Å². The molecule has 3 nitrogen and oxygen atoms in total. The summed E-state index contributed by atoms with van der Waals surface area (Å²) in [4.78, 5) is 9.39. The number of pyridine rings is 1. The molecule has 3 heterocycles. The van der Waals surface area contributed by atoms with Gasteiger partial charge in [-0.25, -0.2) is 8.78 Å². The molecular formula is C17H15F2N3. The van der Waals surface area contributed by atoms with Crippen molar-refractivity contribution in [2.24, 2.45) is 0 Å². The van der Waals surface area contributed by atoms with Crippen LogP contribution in [0.25, 0.3) is 22.3 Å². The number of aromatic amines is 1. The molecule has 0 aliphatic carbocycles. The van der Waals surface area contributed by atoms with Crippen LogP contribution < -0.4 is 4.90 Å². The number of fused-ring (bicyclic) bond motifs is 1. The molecule has 1 aliphatic heterocycles. The van der Waals surface area contributed by atoms with E-state index in [2.05, 4.69) is 9.97 Å². The molecule has 0 radical (unpaired) electrons. The third-order valence-electron chi connectivity index (χ3n) is 4.09. The van der Waals surface area contributed by atoms with Crippen molar-refractivity contribution in [3.63, 3.8) is 0 Å². The Morgan fingerprint density at radius 1 is 1.14 bits per heavy atom. The van der Waals surface area contributed by atoms with Gasteiger partial charge in [0.25, 0.3) is 5.92 Å². The molecule has 2 aromatic heterocycles. The summed E-state index contributed by atoms with van der Waals surface area (Å²) in [6.07, 6.45) is 1.66. The lowest BCUT2D eigenvalue weighted by molar-refractivity contribution is 0.0257. The highest BCUT2D eigenvalue weighted by atomic mass is 19.3. The summed E-state index contributed by atoms with van der Waals surface area (Å²) < 4.78 is 27.0. The molecule has 1 aliphatic rings. The van der Waals surface area contributed by atoms with E-state index >= 15 is 0 Å². The number of rotatable bonds is 2. The topological polar surface area (TPSA) is 31.9 Å². The molecule has 1 saturated heterocycles. The van der Waals surface area contributed by atoms with Gasteiger partial charge in [-0.05, 0) is 24.3 Å². The van der Waals surface area contributed by atoms with Gasteiger partial charge in [-0.1, -0.05) is 18.2 Å². The Kier molecular flexibility index (Phi) is 2.89. The van der Waals surface area contributed by atoms with Crippen molar-refractivity contribution in [1.82, 2.24) is 9.97 Å². The largest absolute Gasteiger partial charge is 0.365 e. The normalized spacial score (nSPS) is 17.3. The maximum absolute atomic E-state index is 13.5. The maximum atomic E-state index is 13.5. The third kappa shape index (κ3) is 2.22. The van der Waals surface area contributed by atoms with E-state index in [9.17, 15) is 8.78 Å². The van der Waals surface area contributed by atoms with Crippen LogP contribution in [0.4, 0.5) is 14.5 Å². The first kappa shape index (κ1) is 13.2. The molecule has 4 rings (SSSR count). The Bertz CT molecular complexity index is 792. The van der Waals surface area contributed by atoms with Crippen LogP contribution in [0, 0.1) is 0 Å². The number of H-pyrrole nitrogens is 1. The quantitative estimate of drug-likeness (QED) is 0.773. The number of anilines is 1. The van der Waals surface area contributed by atoms with Crippen LogP contribution in [0.15, 0.2) is 48.7 Å². The highest BCUT2D eigenvalue weighted by Crippen LogP contribution is 2.37. The summed E-state index contributed by atoms with van der Waals surface area (Å²) in [5, 5.41) is 0. The zero-order valence-corrected chi connectivity index (χ0v) is 11.9. The monoisotopic (exact) mass is 299 g/mol. The van der Waals surface area contributed by atoms with Gasteiger partial charge in [-0.15, -0.1) is 0 Å². The predicted molar refractivity (Wildman–Crippen MR) is 83.3 cm³/mol. The second kappa shape index (κ2) is 4.80. The van der Waals surface area contributed by atoms with Gasteiger partial charge in [0.05, 0.1) is 23.3 Å². The van der Waals surface area contributed by atoms with Crippen LogP contribution >= 0.6 is 0 Å². The van der Waals surface area contributed by atoms with Crippen molar-refractivity contribution >= 4 is 16.7 Å². The first-order valence-electron chi connectivity index (χ1n) is 7.28. The first-order valence-corrected chi connectivity index (χ1v) is 7.28. The molecule has 0 spiro atoms. The molecule has 0 bridgehead atoms. The number of nitrogens with zero attached hydrogens (tertiary/aromatic N) is 2. The van der Waals surface area contributed by atoms with E-state index in [1.807, 2.05) is 42.5 Å². The standard InChI is InChI=1S/C17H15F2N3/c18-17(19)7-9-22(11-17)16-6-2-1-4-12(16)14-10-15-13(21-14)5-3-8-20-15/h1-6,8,10,21H,7,9,11H2. The second-order valence-electron chi connectivity index (χ2n) is 5.66. The van der Waals surface area contributed by atoms with Gasteiger partial charge in [0, 0.05) is 30.4 Å². The Labute approximate surface area is 126 Å². The van der Waals surface area contributed by atoms with Crippen LogP contribution in [-0.2, 0) is 0 Å². The van der Waals surface area contributed by atoms with E-state index < -0.39 is 5.92 Å². The highest BCUT2D eigenvalue weighted by molar-refractivity contribution is 5.86. The number of halogens is 2. The summed E-state index contributed by atoms with van der Waals surface area (Å²) in [6.45, 7) is 0.158. The Morgan fingerprint density at radius 2 is 2.00 bits per heavy atom. The van der Waals surface area contributed by atoms with Gasteiger partial charge in [0.1, 0.15) is 0 Å². The van der Waals surface area contributed by atoms with E-state index in [0.29, 0.717) is 6.54 Å². The molecule has 1 N–H and O–H groups in total. The Balaban J connectivity index is 1.79. The second-order valence-corrected chi connectivity index (χ2v) is 5.66. The molecule has 0 amide bonds. The smallest absolute Gasteiger partial charge is 0.266 e. The molecular weight excluding hydrogens is 284 g/mol. The van der Waals surface area contributed by atoms with Crippen molar-refractivity contribution in [2.75, 3.05) is 18.0 Å². The van der Waals surface area contributed by atoms with E-state index in [-0.39, 0.29) is 13.0 Å². The van der Waals surface area contributed by atoms with Gasteiger partial charge < -0.3 is 9.88 Å². The summed E-state index contributed by atoms with van der Waals surface area (Å²) in [5.74, 6) is -2.60. The molecule has 0 atom stereocenters. The minimum atomic E-state index is -2.60. The first-order chi connectivity index (χ1) is 10.6. The van der Waals surface area contributed by atoms with E-state index in [1.165, 1.54) is 0 Å². The number of hydrogen-bond acceptors (Lipinski definition) is 2. The number of hydrogen-bond donors (Lipinski definition) is 1. The third-order valence-corrected chi connectivity index (χ3v) is 4.09. The fraction of sp³-hybridized carbons (Fsp3) is 0.235. The Morgan fingerprint density at radius 3 is 2.77 bits per heavy atom. The van der Waals surface area contributed by atoms with Crippen LogP contribution in [-0.4, -0.2) is 29.0 Å². The minimum absolute atomic E-state index is 0.0877. The molecule has 3 aromatic rings. The lowest BCUT2D eigenvalue weighted by Crippen LogP contribution is -2.25. The Hall–Kier alpha value is -2.43. The summed E-state index contributed by atoms with van der Waals surface area (Å²) in [5.41, 5.74) is 4.49. The molecule has 112 valence electrons. The number of aromatic nitrogens is 2. The predicted octanol–water partition coefficient (Wildman–Crippen LogP) is 4.08. The number of alkyl halides is 2. The lowest BCUT2D eigenvalue weighted by atomic mass is 10.1. The van der Waals surface area contributed by atoms with Crippen LogP contribution in [0.1, 0.15) is 6.42 Å². The molecule has 22 heavy (non-hydrogen) atoms. The number of para-hydroxylation sites is 1. The molecule has 0 unspecified atom stereocenters. The van der Waals surface area contributed by atoms with Gasteiger partial charge in [0.2, 0.25) is 0 Å². The lowest BCUT2D eigenvalue weighted by Gasteiger charge is -2.21. The van der Waals surface area contributed by atoms with Gasteiger partial charge in [0.15, 0.2) is 0 Å². The van der Waals surface area contributed by atoms with Crippen LogP contribution in [0.5, 0.6) is 0 Å². The SMILES string of the molecule is FC1(F)CCN(c2ccccc2-c2cc3ncccc3[nH]2)C1. The van der Waals surface area contributed by atoms with Gasteiger partial charge >= 0.3 is 0 Å². The molecule has 1 aromatic carbocycles. The average molecular weight is 299 g/mol. The van der Waals surface area contributed by atoms with Crippen molar-refractivity contribution in [3.8, 4) is 11.3 Å². The van der Waals surface area contributed by atoms with E-state index in [0.717, 1.165) is 28.0 Å². The van der Waals surface area contributed by atoms with Gasteiger partial charge in [-0.2, -0.15) is 0 Å². The fourth-order valence-electron chi connectivity index (χ4n) is 3.02. The van der Waals surface area contributed by atoms with Crippen LogP contribution in [0.3, 0.4) is 0 Å². The van der Waals surface area contributed by atoms with Crippen molar-refractivity contribution < 1.29 is 8.78 Å². The van der Waals surface area contributed by atoms with Crippen LogP contribution in [0.2, 0.25) is 0 Å². The molecule has 0 saturated carbocycles. The van der Waals surface area contributed by atoms with E-state index in [4.69, 9.17) is 0 Å². The number of benzene rings is 1. The van der Waals surface area contributed by atoms with Crippen molar-refractivity contribution in [3.05, 3.63) is 48.7 Å². The van der Waals surface area contributed by atoms with Gasteiger partial charge in [-0.3, -0.25) is 4.98 Å². The summed E-state index contributed by atoms with van der Waals surface area (Å²) >= 11 is 0. The highest BCUT2D eigenvalue weighted by Gasteiger charge is 2.38. The zero-order chi connectivity index (χ0) is 15.2. The zero-order valence-electron chi connectivity index (χ0n) is 11.9. The summed E-state index contributed by atoms with van der Waals surface area (Å²) in [6, 6.07) is 13.4. The summed E-state index contributed by atoms with van der Waals surface area (Å²) in [7, 11) is 0. The fourth-order valence-corrected chi connectivity index (χ4v) is 3.02. The minimum Gasteiger partial charge on any atom is -0.365 e. The maximum Gasteiger partial charge on any atom is 0.266 e. The molecule has 1 fully saturated rings. The molecule has 5 heteroatoms. The number of nitrogens with one attached hydrogen (secondary N) is 1.